The number of nitrogens with zero attached hydrogens (tertiary/aromatic N) is 7. The van der Waals surface area contributed by atoms with Gasteiger partial charge in [-0.1, -0.05) is 0 Å². The fraction of sp³-hybridized carbons (Fsp3) is 0.316. The van der Waals surface area contributed by atoms with E-state index in [0.717, 1.165) is 5.69 Å². The van der Waals surface area contributed by atoms with Crippen molar-refractivity contribution in [2.24, 2.45) is 7.05 Å². The molecule has 0 saturated carbocycles. The monoisotopic (exact) mass is 396 g/mol. The van der Waals surface area contributed by atoms with E-state index in [1.807, 2.05) is 0 Å². The lowest BCUT2D eigenvalue weighted by atomic mass is 9.85. The van der Waals surface area contributed by atoms with Gasteiger partial charge in [0, 0.05) is 25.0 Å². The summed E-state index contributed by atoms with van der Waals surface area (Å²) < 4.78 is 29.5. The number of rotatable bonds is 5. The first-order valence-electron chi connectivity index (χ1n) is 8.91. The Hall–Kier alpha value is -3.61. The number of halogens is 2. The zero-order valence-corrected chi connectivity index (χ0v) is 16.1. The van der Waals surface area contributed by atoms with Crippen molar-refractivity contribution in [3.8, 4) is 28.8 Å². The molecule has 1 N–H and O–H groups in total. The van der Waals surface area contributed by atoms with Crippen LogP contribution in [0.5, 0.6) is 0 Å². The quantitative estimate of drug-likeness (QED) is 0.558. The minimum absolute atomic E-state index is 0.400. The van der Waals surface area contributed by atoms with Crippen LogP contribution in [-0.4, -0.2) is 41.2 Å². The molecule has 0 unspecified atom stereocenters. The summed E-state index contributed by atoms with van der Waals surface area (Å²) in [6.07, 6.45) is 0.590. The maximum Gasteiger partial charge on any atom is 0.257 e. The molecule has 0 fully saturated rings. The van der Waals surface area contributed by atoms with Gasteiger partial charge >= 0.3 is 0 Å². The van der Waals surface area contributed by atoms with Gasteiger partial charge in [0.15, 0.2) is 0 Å². The second-order valence-electron chi connectivity index (χ2n) is 7.22. The first kappa shape index (κ1) is 18.7. The first-order valence-corrected chi connectivity index (χ1v) is 8.91. The molecule has 0 spiro atoms. The van der Waals surface area contributed by atoms with Crippen molar-refractivity contribution in [1.82, 2.24) is 34.7 Å². The Kier molecular flexibility index (Phi) is 4.38. The molecule has 0 amide bonds. The molecule has 8 nitrogen and oxygen atoms in total. The molecule has 0 aliphatic heterocycles. The summed E-state index contributed by atoms with van der Waals surface area (Å²) in [5.74, 6) is 0. The van der Waals surface area contributed by atoms with Crippen molar-refractivity contribution in [2.45, 2.75) is 32.2 Å². The third-order valence-corrected chi connectivity index (χ3v) is 4.80. The van der Waals surface area contributed by atoms with E-state index >= 15 is 0 Å². The third-order valence-electron chi connectivity index (χ3n) is 4.80. The molecule has 0 saturated heterocycles. The van der Waals surface area contributed by atoms with Crippen molar-refractivity contribution in [1.29, 1.82) is 5.26 Å². The highest BCUT2D eigenvalue weighted by Crippen LogP contribution is 2.36. The molecule has 0 aliphatic rings. The van der Waals surface area contributed by atoms with Gasteiger partial charge in [0.2, 0.25) is 0 Å². The number of hydrogen-bond acceptors (Lipinski definition) is 5. The molecular formula is C19H18F2N8. The zero-order chi connectivity index (χ0) is 20.8. The average molecular weight is 396 g/mol. The summed E-state index contributed by atoms with van der Waals surface area (Å²) in [6, 6.07) is 7.51. The second kappa shape index (κ2) is 6.77. The molecule has 4 aromatic rings. The Morgan fingerprint density at radius 2 is 2.07 bits per heavy atom. The number of nitriles is 1. The van der Waals surface area contributed by atoms with E-state index in [1.54, 1.807) is 56.2 Å². The number of aromatic amines is 1. The number of aryl methyl sites for hydroxylation is 1. The highest BCUT2D eigenvalue weighted by atomic mass is 19.3. The van der Waals surface area contributed by atoms with Crippen LogP contribution >= 0.6 is 0 Å². The van der Waals surface area contributed by atoms with Gasteiger partial charge in [-0.05, 0) is 32.0 Å². The predicted molar refractivity (Wildman–Crippen MR) is 102 cm³/mol. The normalized spacial score (nSPS) is 12.0. The SMILES string of the molecule is Cn1nccc1-c1cc(C(C)(C)C#N)c2c(n1)c(-c1ccn[nH]1)nn2CC(F)F. The molecule has 10 heteroatoms. The molecule has 4 heterocycles. The van der Waals surface area contributed by atoms with E-state index in [4.69, 9.17) is 4.98 Å². The Morgan fingerprint density at radius 1 is 1.28 bits per heavy atom. The second-order valence-corrected chi connectivity index (χ2v) is 7.22. The Labute approximate surface area is 164 Å². The largest absolute Gasteiger partial charge is 0.276 e. The van der Waals surface area contributed by atoms with Crippen LogP contribution in [-0.2, 0) is 19.0 Å². The topological polar surface area (TPSA) is 101 Å². The number of fused-ring (bicyclic) bond motifs is 1. The lowest BCUT2D eigenvalue weighted by Crippen LogP contribution is -2.18. The third kappa shape index (κ3) is 3.14. The minimum Gasteiger partial charge on any atom is -0.276 e. The van der Waals surface area contributed by atoms with Crippen LogP contribution in [0.25, 0.3) is 33.8 Å². The summed E-state index contributed by atoms with van der Waals surface area (Å²) in [7, 11) is 1.78. The van der Waals surface area contributed by atoms with Gasteiger partial charge in [0.05, 0.1) is 34.1 Å². The predicted octanol–water partition coefficient (Wildman–Crippen LogP) is 3.29. The zero-order valence-electron chi connectivity index (χ0n) is 16.1. The van der Waals surface area contributed by atoms with Gasteiger partial charge in [-0.25, -0.2) is 13.8 Å². The molecule has 0 atom stereocenters. The molecule has 0 radical (unpaired) electrons. The number of pyridine rings is 1. The van der Waals surface area contributed by atoms with E-state index < -0.39 is 18.4 Å². The first-order chi connectivity index (χ1) is 13.8. The minimum atomic E-state index is -2.61. The molecule has 0 aromatic carbocycles. The summed E-state index contributed by atoms with van der Waals surface area (Å²) in [5.41, 5.74) is 2.71. The fourth-order valence-electron chi connectivity index (χ4n) is 3.31. The van der Waals surface area contributed by atoms with Crippen molar-refractivity contribution in [2.75, 3.05) is 0 Å². The van der Waals surface area contributed by atoms with Crippen LogP contribution in [0.15, 0.2) is 30.6 Å². The van der Waals surface area contributed by atoms with Gasteiger partial charge in [0.25, 0.3) is 6.43 Å². The van der Waals surface area contributed by atoms with Crippen molar-refractivity contribution < 1.29 is 8.78 Å². The van der Waals surface area contributed by atoms with Gasteiger partial charge in [-0.15, -0.1) is 0 Å². The number of nitrogens with one attached hydrogen (secondary N) is 1. The number of alkyl halides is 2. The van der Waals surface area contributed by atoms with Gasteiger partial charge in [-0.2, -0.15) is 20.6 Å². The summed E-state index contributed by atoms with van der Waals surface area (Å²) in [6.45, 7) is 2.88. The standard InChI is InChI=1S/C19H18F2N8/c1-19(2,10-22)11-8-13(14-5-7-24-28(14)3)25-17-16(12-4-6-23-26-12)27-29(18(11)17)9-15(20)21/h4-8,15H,9H2,1-3H3,(H,23,26). The van der Waals surface area contributed by atoms with E-state index in [9.17, 15) is 14.0 Å². The van der Waals surface area contributed by atoms with Crippen LogP contribution in [0, 0.1) is 11.3 Å². The molecule has 4 rings (SSSR count). The van der Waals surface area contributed by atoms with Gasteiger partial charge in [0.1, 0.15) is 17.8 Å². The Morgan fingerprint density at radius 3 is 2.66 bits per heavy atom. The highest BCUT2D eigenvalue weighted by Gasteiger charge is 2.30. The lowest BCUT2D eigenvalue weighted by molar-refractivity contribution is 0.123. The number of H-pyrrole nitrogens is 1. The van der Waals surface area contributed by atoms with Crippen molar-refractivity contribution in [3.05, 3.63) is 36.2 Å². The molecular weight excluding hydrogens is 378 g/mol. The smallest absolute Gasteiger partial charge is 0.257 e. The van der Waals surface area contributed by atoms with Crippen LogP contribution in [0.2, 0.25) is 0 Å². The highest BCUT2D eigenvalue weighted by molar-refractivity contribution is 5.93. The number of aromatic nitrogens is 7. The van der Waals surface area contributed by atoms with Crippen LogP contribution in [0.1, 0.15) is 19.4 Å². The molecule has 0 bridgehead atoms. The van der Waals surface area contributed by atoms with E-state index in [0.29, 0.717) is 33.7 Å². The van der Waals surface area contributed by atoms with Crippen LogP contribution < -0.4 is 0 Å². The summed E-state index contributed by atoms with van der Waals surface area (Å²) >= 11 is 0. The maximum atomic E-state index is 13.3. The maximum absolute atomic E-state index is 13.3. The fourth-order valence-corrected chi connectivity index (χ4v) is 3.31. The van der Waals surface area contributed by atoms with E-state index in [-0.39, 0.29) is 0 Å². The van der Waals surface area contributed by atoms with Gasteiger partial charge in [-0.3, -0.25) is 14.5 Å². The molecule has 0 aliphatic carbocycles. The average Bonchev–Trinajstić information content (AvgIpc) is 3.41. The van der Waals surface area contributed by atoms with Crippen LogP contribution in [0.4, 0.5) is 8.78 Å². The molecule has 29 heavy (non-hydrogen) atoms. The summed E-state index contributed by atoms with van der Waals surface area (Å²) in [4.78, 5) is 4.72. The Balaban J connectivity index is 2.12. The van der Waals surface area contributed by atoms with Crippen molar-refractivity contribution >= 4 is 11.0 Å². The van der Waals surface area contributed by atoms with Crippen LogP contribution in [0.3, 0.4) is 0 Å². The number of hydrogen-bond donors (Lipinski definition) is 1. The van der Waals surface area contributed by atoms with E-state index in [2.05, 4.69) is 26.5 Å². The Bertz CT molecular complexity index is 1210. The van der Waals surface area contributed by atoms with Crippen molar-refractivity contribution in [3.63, 3.8) is 0 Å². The lowest BCUT2D eigenvalue weighted by Gasteiger charge is -2.19. The van der Waals surface area contributed by atoms with Gasteiger partial charge < -0.3 is 0 Å². The summed E-state index contributed by atoms with van der Waals surface area (Å²) in [5, 5.41) is 25.1. The molecule has 4 aromatic heterocycles. The van der Waals surface area contributed by atoms with E-state index in [1.165, 1.54) is 4.68 Å². The molecule has 148 valence electrons.